The first-order valence-electron chi connectivity index (χ1n) is 7.83. The molecule has 6 heteroatoms. The molecule has 2 bridgehead atoms. The largest absolute Gasteiger partial charge is 0.497 e. The second kappa shape index (κ2) is 6.28. The molecule has 120 valence electrons. The highest BCUT2D eigenvalue weighted by atomic mass is 32.2. The SMILES string of the molecule is COc1ccc(S(=O)(=O)NN=C2C3CCCC2CCC3)cc1. The number of nitrogens with zero attached hydrogens (tertiary/aromatic N) is 1. The molecule has 0 heterocycles. The van der Waals surface area contributed by atoms with Crippen molar-refractivity contribution in [1.82, 2.24) is 4.83 Å². The van der Waals surface area contributed by atoms with Crippen molar-refractivity contribution in [3.8, 4) is 5.75 Å². The van der Waals surface area contributed by atoms with Crippen LogP contribution in [0.1, 0.15) is 38.5 Å². The van der Waals surface area contributed by atoms with Crippen molar-refractivity contribution in [1.29, 1.82) is 0 Å². The van der Waals surface area contributed by atoms with E-state index >= 15 is 0 Å². The Morgan fingerprint density at radius 3 is 2.09 bits per heavy atom. The lowest BCUT2D eigenvalue weighted by Gasteiger charge is -2.35. The van der Waals surface area contributed by atoms with Gasteiger partial charge in [0.25, 0.3) is 10.0 Å². The molecule has 1 N–H and O–H groups in total. The second-order valence-corrected chi connectivity index (χ2v) is 7.72. The first kappa shape index (κ1) is 15.3. The van der Waals surface area contributed by atoms with Crippen molar-refractivity contribution in [2.24, 2.45) is 16.9 Å². The number of methoxy groups -OCH3 is 1. The average Bonchev–Trinajstić information content (AvgIpc) is 2.52. The normalized spacial score (nSPS) is 24.7. The summed E-state index contributed by atoms with van der Waals surface area (Å²) >= 11 is 0. The van der Waals surface area contributed by atoms with Gasteiger partial charge in [-0.05, 0) is 61.8 Å². The Balaban J connectivity index is 1.77. The van der Waals surface area contributed by atoms with E-state index in [-0.39, 0.29) is 4.90 Å². The second-order valence-electron chi connectivity index (χ2n) is 6.06. The van der Waals surface area contributed by atoms with Crippen LogP contribution in [-0.4, -0.2) is 21.2 Å². The van der Waals surface area contributed by atoms with Crippen molar-refractivity contribution in [2.75, 3.05) is 7.11 Å². The minimum Gasteiger partial charge on any atom is -0.497 e. The summed E-state index contributed by atoms with van der Waals surface area (Å²) < 4.78 is 29.7. The van der Waals surface area contributed by atoms with Crippen molar-refractivity contribution in [2.45, 2.75) is 43.4 Å². The number of benzene rings is 1. The van der Waals surface area contributed by atoms with E-state index in [0.29, 0.717) is 17.6 Å². The van der Waals surface area contributed by atoms with Gasteiger partial charge in [-0.25, -0.2) is 4.83 Å². The summed E-state index contributed by atoms with van der Waals surface area (Å²) in [5, 5.41) is 4.31. The van der Waals surface area contributed by atoms with E-state index < -0.39 is 10.0 Å². The Hall–Kier alpha value is -1.56. The van der Waals surface area contributed by atoms with Crippen LogP contribution in [0.15, 0.2) is 34.3 Å². The number of fused-ring (bicyclic) bond motifs is 2. The Labute approximate surface area is 131 Å². The minimum absolute atomic E-state index is 0.207. The lowest BCUT2D eigenvalue weighted by atomic mass is 9.71. The summed E-state index contributed by atoms with van der Waals surface area (Å²) in [4.78, 5) is 2.64. The zero-order valence-corrected chi connectivity index (χ0v) is 13.6. The lowest BCUT2D eigenvalue weighted by molar-refractivity contribution is 0.346. The standard InChI is InChI=1S/C16H22N2O3S/c1-21-14-8-10-15(11-9-14)22(19,20)18-17-16-12-4-2-5-13(16)7-3-6-12/h8-13,18H,2-7H2,1H3. The van der Waals surface area contributed by atoms with Crippen LogP contribution in [0.3, 0.4) is 0 Å². The highest BCUT2D eigenvalue weighted by Gasteiger charge is 2.33. The molecule has 0 atom stereocenters. The molecule has 2 aliphatic rings. The summed E-state index contributed by atoms with van der Waals surface area (Å²) in [6, 6.07) is 6.33. The molecule has 2 aliphatic carbocycles. The number of ether oxygens (including phenoxy) is 1. The van der Waals surface area contributed by atoms with Crippen LogP contribution in [0, 0.1) is 11.8 Å². The van der Waals surface area contributed by atoms with Gasteiger partial charge in [0.2, 0.25) is 0 Å². The summed E-state index contributed by atoms with van der Waals surface area (Å²) in [5.74, 6) is 1.56. The number of rotatable bonds is 4. The monoisotopic (exact) mass is 322 g/mol. The molecule has 2 fully saturated rings. The molecule has 0 aromatic heterocycles. The highest BCUT2D eigenvalue weighted by molar-refractivity contribution is 7.89. The first-order chi connectivity index (χ1) is 10.6. The van der Waals surface area contributed by atoms with E-state index in [2.05, 4.69) is 9.93 Å². The highest BCUT2D eigenvalue weighted by Crippen LogP contribution is 2.37. The maximum absolute atomic E-state index is 12.3. The van der Waals surface area contributed by atoms with Crippen LogP contribution in [0.4, 0.5) is 0 Å². The Morgan fingerprint density at radius 2 is 1.59 bits per heavy atom. The fraction of sp³-hybridized carbons (Fsp3) is 0.562. The van der Waals surface area contributed by atoms with E-state index in [1.807, 2.05) is 0 Å². The number of hydrogen-bond donors (Lipinski definition) is 1. The quantitative estimate of drug-likeness (QED) is 0.867. The average molecular weight is 322 g/mol. The molecule has 2 saturated carbocycles. The van der Waals surface area contributed by atoms with Gasteiger partial charge in [0, 0.05) is 5.71 Å². The third-order valence-electron chi connectivity index (χ3n) is 4.71. The van der Waals surface area contributed by atoms with Crippen molar-refractivity contribution in [3.05, 3.63) is 24.3 Å². The number of hydrazone groups is 1. The van der Waals surface area contributed by atoms with E-state index in [1.54, 1.807) is 19.2 Å². The number of hydrogen-bond acceptors (Lipinski definition) is 4. The van der Waals surface area contributed by atoms with Crippen LogP contribution >= 0.6 is 0 Å². The van der Waals surface area contributed by atoms with Crippen LogP contribution in [0.5, 0.6) is 5.75 Å². The lowest BCUT2D eigenvalue weighted by Crippen LogP contribution is -2.35. The molecular weight excluding hydrogens is 300 g/mol. The Kier molecular flexibility index (Phi) is 4.38. The van der Waals surface area contributed by atoms with Gasteiger partial charge in [-0.15, -0.1) is 0 Å². The van der Waals surface area contributed by atoms with E-state index in [0.717, 1.165) is 31.4 Å². The van der Waals surface area contributed by atoms with E-state index in [4.69, 9.17) is 4.74 Å². The smallest absolute Gasteiger partial charge is 0.276 e. The fourth-order valence-electron chi connectivity index (χ4n) is 3.54. The minimum atomic E-state index is -3.61. The molecule has 0 saturated heterocycles. The molecule has 22 heavy (non-hydrogen) atoms. The maximum atomic E-state index is 12.3. The summed E-state index contributed by atoms with van der Waals surface area (Å²) in [6.45, 7) is 0. The summed E-state index contributed by atoms with van der Waals surface area (Å²) in [7, 11) is -2.06. The Morgan fingerprint density at radius 1 is 1.05 bits per heavy atom. The van der Waals surface area contributed by atoms with Gasteiger partial charge in [0.15, 0.2) is 0 Å². The predicted molar refractivity (Wildman–Crippen MR) is 85.4 cm³/mol. The fourth-order valence-corrected chi connectivity index (χ4v) is 4.36. The molecule has 1 aromatic carbocycles. The summed E-state index contributed by atoms with van der Waals surface area (Å²) in [5.41, 5.74) is 1.06. The third-order valence-corrected chi connectivity index (χ3v) is 5.94. The van der Waals surface area contributed by atoms with Crippen LogP contribution in [-0.2, 0) is 10.0 Å². The van der Waals surface area contributed by atoms with Gasteiger partial charge in [-0.3, -0.25) is 0 Å². The van der Waals surface area contributed by atoms with Gasteiger partial charge in [0.05, 0.1) is 12.0 Å². The van der Waals surface area contributed by atoms with Crippen molar-refractivity contribution in [3.63, 3.8) is 0 Å². The number of sulfonamides is 1. The van der Waals surface area contributed by atoms with Gasteiger partial charge in [-0.2, -0.15) is 13.5 Å². The zero-order chi connectivity index (χ0) is 15.6. The molecule has 0 aliphatic heterocycles. The zero-order valence-electron chi connectivity index (χ0n) is 12.8. The van der Waals surface area contributed by atoms with E-state index in [1.165, 1.54) is 25.0 Å². The van der Waals surface area contributed by atoms with Gasteiger partial charge in [-0.1, -0.05) is 12.8 Å². The first-order valence-corrected chi connectivity index (χ1v) is 9.32. The predicted octanol–water partition coefficient (Wildman–Crippen LogP) is 2.93. The van der Waals surface area contributed by atoms with Crippen LogP contribution < -0.4 is 9.57 Å². The van der Waals surface area contributed by atoms with Gasteiger partial charge in [0.1, 0.15) is 5.75 Å². The molecule has 0 amide bonds. The Bertz CT molecular complexity index is 628. The number of nitrogens with one attached hydrogen (secondary N) is 1. The molecule has 3 rings (SSSR count). The molecule has 5 nitrogen and oxygen atoms in total. The van der Waals surface area contributed by atoms with E-state index in [9.17, 15) is 8.42 Å². The van der Waals surface area contributed by atoms with Gasteiger partial charge >= 0.3 is 0 Å². The van der Waals surface area contributed by atoms with Crippen LogP contribution in [0.2, 0.25) is 0 Å². The molecule has 1 aromatic rings. The summed E-state index contributed by atoms with van der Waals surface area (Å²) in [6.07, 6.45) is 7.03. The molecular formula is C16H22N2O3S. The topological polar surface area (TPSA) is 67.8 Å². The van der Waals surface area contributed by atoms with Crippen molar-refractivity contribution < 1.29 is 13.2 Å². The molecule has 0 spiro atoms. The third kappa shape index (κ3) is 3.11. The van der Waals surface area contributed by atoms with Crippen LogP contribution in [0.25, 0.3) is 0 Å². The van der Waals surface area contributed by atoms with Crippen molar-refractivity contribution >= 4 is 15.7 Å². The maximum Gasteiger partial charge on any atom is 0.276 e. The molecule has 0 radical (unpaired) electrons. The van der Waals surface area contributed by atoms with Gasteiger partial charge < -0.3 is 4.74 Å². The molecule has 0 unspecified atom stereocenters.